The molecule has 0 fully saturated rings. The van der Waals surface area contributed by atoms with E-state index in [9.17, 15) is 4.39 Å². The lowest BCUT2D eigenvalue weighted by Gasteiger charge is -2.16. The van der Waals surface area contributed by atoms with E-state index in [-0.39, 0.29) is 11.7 Å². The highest BCUT2D eigenvalue weighted by atomic mass is 19.1. The molecule has 5 heteroatoms. The first kappa shape index (κ1) is 17.3. The molecule has 0 spiro atoms. The molecule has 3 aromatic rings. The number of hydrogen-bond donors (Lipinski definition) is 2. The maximum Gasteiger partial charge on any atom is 0.161 e. The Balaban J connectivity index is 1.91. The quantitative estimate of drug-likeness (QED) is 0.682. The predicted molar refractivity (Wildman–Crippen MR) is 97.9 cm³/mol. The summed E-state index contributed by atoms with van der Waals surface area (Å²) in [6, 6.07) is 10.7. The lowest BCUT2D eigenvalue weighted by Crippen LogP contribution is -2.15. The molecule has 0 aliphatic rings. The number of halogens is 1. The largest absolute Gasteiger partial charge is 0.493 e. The first-order valence-corrected chi connectivity index (χ1v) is 8.42. The van der Waals surface area contributed by atoms with Crippen LogP contribution in [0.2, 0.25) is 0 Å². The molecule has 1 atom stereocenters. The predicted octanol–water partition coefficient (Wildman–Crippen LogP) is 4.00. The van der Waals surface area contributed by atoms with Gasteiger partial charge in [0.05, 0.1) is 13.7 Å². The van der Waals surface area contributed by atoms with Crippen molar-refractivity contribution in [2.45, 2.75) is 19.3 Å². The third kappa shape index (κ3) is 3.61. The van der Waals surface area contributed by atoms with Crippen molar-refractivity contribution in [1.29, 1.82) is 0 Å². The summed E-state index contributed by atoms with van der Waals surface area (Å²) in [5.41, 5.74) is 9.08. The molecule has 3 N–H and O–H groups in total. The summed E-state index contributed by atoms with van der Waals surface area (Å²) < 4.78 is 24.6. The third-order valence-corrected chi connectivity index (χ3v) is 4.41. The Morgan fingerprint density at radius 3 is 2.72 bits per heavy atom. The first-order chi connectivity index (χ1) is 12.2. The van der Waals surface area contributed by atoms with Gasteiger partial charge in [0.2, 0.25) is 0 Å². The van der Waals surface area contributed by atoms with Gasteiger partial charge in [-0.15, -0.1) is 0 Å². The van der Waals surface area contributed by atoms with Crippen LogP contribution >= 0.6 is 0 Å². The SMILES string of the molecule is CCOc1cc(CC(CN)c2c[nH]c3ccc(F)cc23)ccc1OC. The summed E-state index contributed by atoms with van der Waals surface area (Å²) in [6.45, 7) is 2.98. The van der Waals surface area contributed by atoms with E-state index < -0.39 is 0 Å². The molecule has 0 saturated heterocycles. The Kier molecular flexibility index (Phi) is 5.24. The van der Waals surface area contributed by atoms with Gasteiger partial charge in [-0.25, -0.2) is 4.39 Å². The van der Waals surface area contributed by atoms with Crippen molar-refractivity contribution < 1.29 is 13.9 Å². The number of benzene rings is 2. The molecule has 0 bridgehead atoms. The van der Waals surface area contributed by atoms with Crippen LogP contribution in [-0.2, 0) is 6.42 Å². The number of nitrogens with one attached hydrogen (secondary N) is 1. The van der Waals surface area contributed by atoms with Gasteiger partial charge in [-0.1, -0.05) is 6.07 Å². The Hall–Kier alpha value is -2.53. The summed E-state index contributed by atoms with van der Waals surface area (Å²) in [4.78, 5) is 3.20. The number of aromatic amines is 1. The number of nitrogens with two attached hydrogens (primary N) is 1. The number of methoxy groups -OCH3 is 1. The number of aromatic nitrogens is 1. The average Bonchev–Trinajstić information content (AvgIpc) is 3.03. The first-order valence-electron chi connectivity index (χ1n) is 8.42. The molecular weight excluding hydrogens is 319 g/mol. The molecule has 2 aromatic carbocycles. The highest BCUT2D eigenvalue weighted by Gasteiger charge is 2.17. The van der Waals surface area contributed by atoms with Crippen LogP contribution in [0.15, 0.2) is 42.6 Å². The maximum absolute atomic E-state index is 13.6. The molecule has 0 aliphatic carbocycles. The van der Waals surface area contributed by atoms with Crippen molar-refractivity contribution in [2.24, 2.45) is 5.73 Å². The van der Waals surface area contributed by atoms with Crippen LogP contribution in [0.25, 0.3) is 10.9 Å². The summed E-state index contributed by atoms with van der Waals surface area (Å²) >= 11 is 0. The normalized spacial score (nSPS) is 12.3. The van der Waals surface area contributed by atoms with E-state index >= 15 is 0 Å². The Morgan fingerprint density at radius 1 is 1.16 bits per heavy atom. The van der Waals surface area contributed by atoms with Gasteiger partial charge in [0.1, 0.15) is 5.82 Å². The van der Waals surface area contributed by atoms with E-state index in [1.165, 1.54) is 6.07 Å². The lowest BCUT2D eigenvalue weighted by atomic mass is 9.91. The summed E-state index contributed by atoms with van der Waals surface area (Å²) in [6.07, 6.45) is 2.67. The molecule has 132 valence electrons. The van der Waals surface area contributed by atoms with Crippen LogP contribution in [0.3, 0.4) is 0 Å². The topological polar surface area (TPSA) is 60.3 Å². The number of rotatable bonds is 7. The second-order valence-corrected chi connectivity index (χ2v) is 5.99. The minimum atomic E-state index is -0.243. The molecule has 0 radical (unpaired) electrons. The van der Waals surface area contributed by atoms with Crippen LogP contribution in [0.1, 0.15) is 24.0 Å². The molecular formula is C20H23FN2O2. The highest BCUT2D eigenvalue weighted by Crippen LogP contribution is 2.32. The zero-order valence-electron chi connectivity index (χ0n) is 14.5. The minimum Gasteiger partial charge on any atom is -0.493 e. The molecule has 1 aromatic heterocycles. The number of H-pyrrole nitrogens is 1. The molecule has 0 amide bonds. The highest BCUT2D eigenvalue weighted by molar-refractivity contribution is 5.83. The number of hydrogen-bond acceptors (Lipinski definition) is 3. The number of ether oxygens (including phenoxy) is 2. The van der Waals surface area contributed by atoms with Crippen LogP contribution in [0, 0.1) is 5.82 Å². The van der Waals surface area contributed by atoms with E-state index in [4.69, 9.17) is 15.2 Å². The molecule has 1 heterocycles. The fourth-order valence-corrected chi connectivity index (χ4v) is 3.17. The summed E-state index contributed by atoms with van der Waals surface area (Å²) in [7, 11) is 1.63. The van der Waals surface area contributed by atoms with Crippen molar-refractivity contribution >= 4 is 10.9 Å². The number of fused-ring (bicyclic) bond motifs is 1. The van der Waals surface area contributed by atoms with Crippen LogP contribution in [-0.4, -0.2) is 25.2 Å². The van der Waals surface area contributed by atoms with Gasteiger partial charge in [-0.3, -0.25) is 0 Å². The van der Waals surface area contributed by atoms with Crippen LogP contribution in [0.4, 0.5) is 4.39 Å². The Morgan fingerprint density at radius 2 is 2.00 bits per heavy atom. The van der Waals surface area contributed by atoms with Crippen molar-refractivity contribution in [3.05, 3.63) is 59.5 Å². The smallest absolute Gasteiger partial charge is 0.161 e. The lowest BCUT2D eigenvalue weighted by molar-refractivity contribution is 0.310. The van der Waals surface area contributed by atoms with Crippen molar-refractivity contribution in [3.63, 3.8) is 0 Å². The Bertz CT molecular complexity index is 860. The maximum atomic E-state index is 13.6. The zero-order valence-corrected chi connectivity index (χ0v) is 14.5. The van der Waals surface area contributed by atoms with Gasteiger partial charge in [0.15, 0.2) is 11.5 Å². The van der Waals surface area contributed by atoms with Gasteiger partial charge in [-0.2, -0.15) is 0 Å². The molecule has 0 aliphatic heterocycles. The molecule has 25 heavy (non-hydrogen) atoms. The fourth-order valence-electron chi connectivity index (χ4n) is 3.17. The van der Waals surface area contributed by atoms with Gasteiger partial charge in [-0.05, 0) is 61.3 Å². The molecule has 4 nitrogen and oxygen atoms in total. The average molecular weight is 342 g/mol. The van der Waals surface area contributed by atoms with Crippen LogP contribution < -0.4 is 15.2 Å². The van der Waals surface area contributed by atoms with E-state index in [2.05, 4.69) is 4.98 Å². The zero-order chi connectivity index (χ0) is 17.8. The molecule has 0 saturated carbocycles. The monoisotopic (exact) mass is 342 g/mol. The minimum absolute atomic E-state index is 0.0819. The van der Waals surface area contributed by atoms with Gasteiger partial charge in [0.25, 0.3) is 0 Å². The molecule has 3 rings (SSSR count). The fraction of sp³-hybridized carbons (Fsp3) is 0.300. The van der Waals surface area contributed by atoms with Crippen molar-refractivity contribution in [2.75, 3.05) is 20.3 Å². The summed E-state index contributed by atoms with van der Waals surface area (Å²) in [5.74, 6) is 1.28. The van der Waals surface area contributed by atoms with E-state index in [1.807, 2.05) is 31.3 Å². The van der Waals surface area contributed by atoms with Gasteiger partial charge in [0, 0.05) is 23.0 Å². The van der Waals surface area contributed by atoms with E-state index in [0.717, 1.165) is 34.2 Å². The van der Waals surface area contributed by atoms with E-state index in [0.29, 0.717) is 18.9 Å². The second kappa shape index (κ2) is 7.57. The summed E-state index contributed by atoms with van der Waals surface area (Å²) in [5, 5.41) is 0.883. The second-order valence-electron chi connectivity index (χ2n) is 5.99. The third-order valence-electron chi connectivity index (χ3n) is 4.41. The van der Waals surface area contributed by atoms with Crippen molar-refractivity contribution in [3.8, 4) is 11.5 Å². The molecule has 1 unspecified atom stereocenters. The Labute approximate surface area is 146 Å². The van der Waals surface area contributed by atoms with Gasteiger partial charge >= 0.3 is 0 Å². The van der Waals surface area contributed by atoms with Crippen molar-refractivity contribution in [1.82, 2.24) is 4.98 Å². The standard InChI is InChI=1S/C20H23FN2O2/c1-3-25-20-9-13(4-7-19(20)24-2)8-14(11-22)17-12-23-18-6-5-15(21)10-16(17)18/h4-7,9-10,12,14,23H,3,8,11,22H2,1-2H3. The van der Waals surface area contributed by atoms with Gasteiger partial charge < -0.3 is 20.2 Å². The van der Waals surface area contributed by atoms with E-state index in [1.54, 1.807) is 19.2 Å². The van der Waals surface area contributed by atoms with Crippen LogP contribution in [0.5, 0.6) is 11.5 Å².